The number of amides is 1. The molecule has 28 heavy (non-hydrogen) atoms. The fraction of sp³-hybridized carbons (Fsp3) is 0.421. The van der Waals surface area contributed by atoms with Gasteiger partial charge in [0.05, 0.1) is 0 Å². The van der Waals surface area contributed by atoms with Crippen molar-refractivity contribution in [3.05, 3.63) is 47.0 Å². The summed E-state index contributed by atoms with van der Waals surface area (Å²) in [5.41, 5.74) is 7.97. The van der Waals surface area contributed by atoms with Crippen LogP contribution in [0.25, 0.3) is 0 Å². The molecule has 1 aromatic heterocycles. The number of carbonyl (C=O) groups excluding carboxylic acids is 1. The van der Waals surface area contributed by atoms with Crippen molar-refractivity contribution in [2.24, 2.45) is 10.7 Å². The number of benzene rings is 1. The van der Waals surface area contributed by atoms with E-state index in [1.807, 2.05) is 35.8 Å². The number of thiazole rings is 1. The van der Waals surface area contributed by atoms with Crippen LogP contribution in [0.5, 0.6) is 0 Å². The Labute approximate surface area is 187 Å². The van der Waals surface area contributed by atoms with E-state index in [4.69, 9.17) is 5.73 Å². The Hall–Kier alpha value is -1.88. The van der Waals surface area contributed by atoms with Gasteiger partial charge in [-0.3, -0.25) is 9.79 Å². The van der Waals surface area contributed by atoms with E-state index in [-0.39, 0.29) is 29.9 Å². The molecule has 1 fully saturated rings. The first-order valence-corrected chi connectivity index (χ1v) is 9.92. The van der Waals surface area contributed by atoms with E-state index >= 15 is 0 Å². The third-order valence-electron chi connectivity index (χ3n) is 4.55. The third kappa shape index (κ3) is 5.81. The number of nitrogens with zero attached hydrogens (tertiary/aromatic N) is 5. The zero-order valence-corrected chi connectivity index (χ0v) is 19.4. The Morgan fingerprint density at radius 1 is 1.29 bits per heavy atom. The quantitative estimate of drug-likeness (QED) is 0.376. The molecule has 2 N–H and O–H groups in total. The van der Waals surface area contributed by atoms with Crippen LogP contribution in [0.3, 0.4) is 0 Å². The summed E-state index contributed by atoms with van der Waals surface area (Å²) in [5.74, 6) is 0.604. The summed E-state index contributed by atoms with van der Waals surface area (Å²) in [6.07, 6.45) is 2.59. The minimum absolute atomic E-state index is 0. The summed E-state index contributed by atoms with van der Waals surface area (Å²) in [6.45, 7) is 4.11. The Bertz CT molecular complexity index is 787. The standard InChI is InChI=1S/C19H26N6OS.HI/c1-23(2)17(26)16-5-3-4-15(14-16)6-7-21-18(20)24-9-11-25(12-10-24)19-22-8-13-27-19;/h3-5,8,13-14H,6-7,9-12H2,1-2H3,(H2,20,21);1H. The SMILES string of the molecule is CN(C)C(=O)c1cccc(CCN=C(N)N2CCN(c3nccs3)CC2)c1.I. The molecule has 0 saturated carbocycles. The molecule has 0 bridgehead atoms. The van der Waals surface area contributed by atoms with Gasteiger partial charge in [-0.1, -0.05) is 12.1 Å². The number of carbonyl (C=O) groups is 1. The summed E-state index contributed by atoms with van der Waals surface area (Å²) in [7, 11) is 3.52. The maximum absolute atomic E-state index is 12.1. The van der Waals surface area contributed by atoms with E-state index in [2.05, 4.69) is 19.8 Å². The molecule has 152 valence electrons. The largest absolute Gasteiger partial charge is 0.370 e. The number of hydrogen-bond donors (Lipinski definition) is 1. The molecule has 1 aliphatic rings. The Kier molecular flexibility index (Phi) is 8.49. The van der Waals surface area contributed by atoms with Crippen molar-refractivity contribution < 1.29 is 4.79 Å². The smallest absolute Gasteiger partial charge is 0.253 e. The molecular formula is C19H27IN6OS. The molecular weight excluding hydrogens is 487 g/mol. The third-order valence-corrected chi connectivity index (χ3v) is 5.38. The van der Waals surface area contributed by atoms with Crippen molar-refractivity contribution in [1.29, 1.82) is 0 Å². The second-order valence-corrected chi connectivity index (χ2v) is 7.55. The molecule has 3 rings (SSSR count). The van der Waals surface area contributed by atoms with Gasteiger partial charge in [0, 0.05) is 64.0 Å². The number of guanidine groups is 1. The molecule has 1 aromatic carbocycles. The van der Waals surface area contributed by atoms with Gasteiger partial charge in [-0.05, 0) is 24.1 Å². The van der Waals surface area contributed by atoms with Crippen molar-refractivity contribution in [3.8, 4) is 0 Å². The Morgan fingerprint density at radius 3 is 2.68 bits per heavy atom. The molecule has 1 saturated heterocycles. The lowest BCUT2D eigenvalue weighted by atomic mass is 10.1. The molecule has 9 heteroatoms. The van der Waals surface area contributed by atoms with E-state index in [0.29, 0.717) is 18.1 Å². The first kappa shape index (κ1) is 22.4. The van der Waals surface area contributed by atoms with Crippen LogP contribution in [-0.2, 0) is 6.42 Å². The Morgan fingerprint density at radius 2 is 2.04 bits per heavy atom. The molecule has 0 aliphatic carbocycles. The lowest BCUT2D eigenvalue weighted by Gasteiger charge is -2.35. The van der Waals surface area contributed by atoms with Gasteiger partial charge in [-0.2, -0.15) is 0 Å². The maximum atomic E-state index is 12.1. The summed E-state index contributed by atoms with van der Waals surface area (Å²) >= 11 is 1.66. The minimum atomic E-state index is 0. The molecule has 0 radical (unpaired) electrons. The van der Waals surface area contributed by atoms with Crippen molar-refractivity contribution in [2.75, 3.05) is 51.7 Å². The predicted octanol–water partition coefficient (Wildman–Crippen LogP) is 2.14. The number of hydrogen-bond acceptors (Lipinski definition) is 5. The number of anilines is 1. The highest BCUT2D eigenvalue weighted by Gasteiger charge is 2.19. The van der Waals surface area contributed by atoms with E-state index in [1.54, 1.807) is 30.3 Å². The second-order valence-electron chi connectivity index (χ2n) is 6.68. The van der Waals surface area contributed by atoms with Gasteiger partial charge in [0.2, 0.25) is 0 Å². The second kappa shape index (κ2) is 10.6. The highest BCUT2D eigenvalue weighted by Crippen LogP contribution is 2.18. The average Bonchev–Trinajstić information content (AvgIpc) is 3.22. The minimum Gasteiger partial charge on any atom is -0.370 e. The van der Waals surface area contributed by atoms with Gasteiger partial charge >= 0.3 is 0 Å². The summed E-state index contributed by atoms with van der Waals surface area (Å²) < 4.78 is 0. The number of nitrogens with two attached hydrogens (primary N) is 1. The topological polar surface area (TPSA) is 78.1 Å². The number of rotatable bonds is 5. The van der Waals surface area contributed by atoms with E-state index in [1.165, 1.54) is 0 Å². The fourth-order valence-corrected chi connectivity index (χ4v) is 3.71. The van der Waals surface area contributed by atoms with Gasteiger partial charge in [-0.15, -0.1) is 35.3 Å². The van der Waals surface area contributed by atoms with E-state index < -0.39 is 0 Å². The number of piperazine rings is 1. The van der Waals surface area contributed by atoms with Crippen LogP contribution in [0, 0.1) is 0 Å². The van der Waals surface area contributed by atoms with Crippen LogP contribution in [-0.4, -0.2) is 73.5 Å². The molecule has 2 heterocycles. The summed E-state index contributed by atoms with van der Waals surface area (Å²) in [6, 6.07) is 7.70. The van der Waals surface area contributed by atoms with Crippen LogP contribution in [0.15, 0.2) is 40.8 Å². The van der Waals surface area contributed by atoms with Crippen LogP contribution in [0.4, 0.5) is 5.13 Å². The molecule has 2 aromatic rings. The van der Waals surface area contributed by atoms with Crippen LogP contribution in [0.1, 0.15) is 15.9 Å². The monoisotopic (exact) mass is 514 g/mol. The molecule has 0 spiro atoms. The lowest BCUT2D eigenvalue weighted by molar-refractivity contribution is 0.0827. The van der Waals surface area contributed by atoms with Crippen molar-refractivity contribution >= 4 is 52.3 Å². The normalized spacial score (nSPS) is 14.6. The molecule has 0 atom stereocenters. The zero-order valence-electron chi connectivity index (χ0n) is 16.2. The van der Waals surface area contributed by atoms with Gasteiger partial charge in [0.15, 0.2) is 11.1 Å². The van der Waals surface area contributed by atoms with Gasteiger partial charge < -0.3 is 20.4 Å². The van der Waals surface area contributed by atoms with Crippen molar-refractivity contribution in [2.45, 2.75) is 6.42 Å². The average molecular weight is 514 g/mol. The first-order valence-electron chi connectivity index (χ1n) is 9.04. The van der Waals surface area contributed by atoms with E-state index in [0.717, 1.165) is 43.3 Å². The highest BCUT2D eigenvalue weighted by molar-refractivity contribution is 14.0. The van der Waals surface area contributed by atoms with Crippen LogP contribution < -0.4 is 10.6 Å². The maximum Gasteiger partial charge on any atom is 0.253 e. The van der Waals surface area contributed by atoms with Crippen molar-refractivity contribution in [1.82, 2.24) is 14.8 Å². The lowest BCUT2D eigenvalue weighted by Crippen LogP contribution is -2.51. The number of halogens is 1. The number of aromatic nitrogens is 1. The van der Waals surface area contributed by atoms with E-state index in [9.17, 15) is 4.79 Å². The van der Waals surface area contributed by atoms with Gasteiger partial charge in [-0.25, -0.2) is 4.98 Å². The predicted molar refractivity (Wildman–Crippen MR) is 126 cm³/mol. The van der Waals surface area contributed by atoms with Crippen LogP contribution in [0.2, 0.25) is 0 Å². The molecule has 1 aliphatic heterocycles. The molecule has 7 nitrogen and oxygen atoms in total. The Balaban J connectivity index is 0.00000280. The molecule has 0 unspecified atom stereocenters. The highest BCUT2D eigenvalue weighted by atomic mass is 127. The number of aliphatic imine (C=N–C) groups is 1. The van der Waals surface area contributed by atoms with Gasteiger partial charge in [0.25, 0.3) is 5.91 Å². The van der Waals surface area contributed by atoms with Crippen LogP contribution >= 0.6 is 35.3 Å². The summed E-state index contributed by atoms with van der Waals surface area (Å²) in [5, 5.41) is 3.07. The zero-order chi connectivity index (χ0) is 19.2. The van der Waals surface area contributed by atoms with Crippen molar-refractivity contribution in [3.63, 3.8) is 0 Å². The fourth-order valence-electron chi connectivity index (χ4n) is 3.02. The first-order chi connectivity index (χ1) is 13.0. The molecule has 1 amide bonds. The van der Waals surface area contributed by atoms with Gasteiger partial charge in [0.1, 0.15) is 0 Å². The summed E-state index contributed by atoms with van der Waals surface area (Å²) in [4.78, 5) is 26.9.